The van der Waals surface area contributed by atoms with Crippen LogP contribution in [0.2, 0.25) is 5.02 Å². The van der Waals surface area contributed by atoms with E-state index in [1.807, 2.05) is 19.1 Å². The lowest BCUT2D eigenvalue weighted by molar-refractivity contribution is -0.126. The van der Waals surface area contributed by atoms with E-state index in [2.05, 4.69) is 10.6 Å². The molecule has 1 aromatic carbocycles. The van der Waals surface area contributed by atoms with E-state index in [9.17, 15) is 4.79 Å². The zero-order chi connectivity index (χ0) is 15.5. The molecule has 0 spiro atoms. The van der Waals surface area contributed by atoms with Crippen molar-refractivity contribution in [1.82, 2.24) is 10.6 Å². The first-order chi connectivity index (χ1) is 10.6. The molecule has 1 amide bonds. The Morgan fingerprint density at radius 1 is 1.39 bits per heavy atom. The molecule has 5 nitrogen and oxygen atoms in total. The van der Waals surface area contributed by atoms with Crippen LogP contribution in [0, 0.1) is 11.8 Å². The first-order valence-corrected chi connectivity index (χ1v) is 8.09. The SMILES string of the molecule is CC(C(=O)NCCc1cc(Cl)c2c(c1)OCCO2)C1CNC1.Cl. The minimum absolute atomic E-state index is 0. The first-order valence-electron chi connectivity index (χ1n) is 7.71. The molecule has 2 aliphatic heterocycles. The summed E-state index contributed by atoms with van der Waals surface area (Å²) in [5.74, 6) is 1.95. The molecule has 0 saturated carbocycles. The molecule has 128 valence electrons. The van der Waals surface area contributed by atoms with Crippen molar-refractivity contribution in [2.75, 3.05) is 32.8 Å². The average molecular weight is 361 g/mol. The Kier molecular flexibility index (Phi) is 6.39. The molecule has 2 N–H and O–H groups in total. The van der Waals surface area contributed by atoms with Crippen molar-refractivity contribution in [2.45, 2.75) is 13.3 Å². The number of nitrogens with one attached hydrogen (secondary N) is 2. The van der Waals surface area contributed by atoms with Crippen molar-refractivity contribution in [3.8, 4) is 11.5 Å². The van der Waals surface area contributed by atoms with Gasteiger partial charge in [-0.1, -0.05) is 18.5 Å². The monoisotopic (exact) mass is 360 g/mol. The van der Waals surface area contributed by atoms with Crippen LogP contribution in [0.25, 0.3) is 0 Å². The summed E-state index contributed by atoms with van der Waals surface area (Å²) in [5.41, 5.74) is 1.03. The van der Waals surface area contributed by atoms with Crippen molar-refractivity contribution in [2.24, 2.45) is 11.8 Å². The molecule has 1 fully saturated rings. The molecular weight excluding hydrogens is 339 g/mol. The Labute approximate surface area is 147 Å². The Hall–Kier alpha value is -1.17. The van der Waals surface area contributed by atoms with Crippen LogP contribution in [-0.2, 0) is 11.2 Å². The van der Waals surface area contributed by atoms with Crippen LogP contribution in [-0.4, -0.2) is 38.8 Å². The van der Waals surface area contributed by atoms with Gasteiger partial charge in [0.1, 0.15) is 13.2 Å². The number of carbonyl (C=O) groups excluding carboxylic acids is 1. The van der Waals surface area contributed by atoms with Gasteiger partial charge in [0.2, 0.25) is 5.91 Å². The summed E-state index contributed by atoms with van der Waals surface area (Å²) < 4.78 is 11.1. The topological polar surface area (TPSA) is 59.6 Å². The number of rotatable bonds is 5. The maximum Gasteiger partial charge on any atom is 0.223 e. The van der Waals surface area contributed by atoms with E-state index in [4.69, 9.17) is 21.1 Å². The maximum atomic E-state index is 12.1. The predicted molar refractivity (Wildman–Crippen MR) is 91.9 cm³/mol. The third-order valence-corrected chi connectivity index (χ3v) is 4.58. The van der Waals surface area contributed by atoms with E-state index in [0.29, 0.717) is 42.2 Å². The fourth-order valence-electron chi connectivity index (χ4n) is 2.68. The molecule has 2 aliphatic rings. The molecule has 0 aromatic heterocycles. The third kappa shape index (κ3) is 4.22. The van der Waals surface area contributed by atoms with Gasteiger partial charge >= 0.3 is 0 Å². The van der Waals surface area contributed by atoms with Crippen LogP contribution in [0.15, 0.2) is 12.1 Å². The highest BCUT2D eigenvalue weighted by molar-refractivity contribution is 6.32. The van der Waals surface area contributed by atoms with Crippen molar-refractivity contribution in [3.63, 3.8) is 0 Å². The van der Waals surface area contributed by atoms with Crippen LogP contribution in [0.4, 0.5) is 0 Å². The van der Waals surface area contributed by atoms with Gasteiger partial charge in [0, 0.05) is 12.5 Å². The standard InChI is InChI=1S/C16H21ClN2O3.ClH/c1-10(12-8-18-9-12)16(20)19-3-2-11-6-13(17)15-14(7-11)21-4-5-22-15;/h6-7,10,12,18H,2-5,8-9H2,1H3,(H,19,20);1H. The highest BCUT2D eigenvalue weighted by Crippen LogP contribution is 2.38. The summed E-state index contributed by atoms with van der Waals surface area (Å²) in [6, 6.07) is 3.81. The van der Waals surface area contributed by atoms with Gasteiger partial charge in [0.15, 0.2) is 11.5 Å². The molecule has 7 heteroatoms. The van der Waals surface area contributed by atoms with Gasteiger partial charge in [0.05, 0.1) is 5.02 Å². The van der Waals surface area contributed by atoms with Gasteiger partial charge in [-0.15, -0.1) is 12.4 Å². The minimum Gasteiger partial charge on any atom is -0.486 e. The molecule has 3 rings (SSSR count). The second kappa shape index (κ2) is 8.08. The normalized spacial score (nSPS) is 17.7. The number of amides is 1. The second-order valence-electron chi connectivity index (χ2n) is 5.85. The molecule has 0 aliphatic carbocycles. The Bertz CT molecular complexity index is 565. The van der Waals surface area contributed by atoms with Crippen LogP contribution < -0.4 is 20.1 Å². The highest BCUT2D eigenvalue weighted by atomic mass is 35.5. The van der Waals surface area contributed by atoms with E-state index in [-0.39, 0.29) is 24.2 Å². The molecular formula is C16H22Cl2N2O3. The summed E-state index contributed by atoms with van der Waals surface area (Å²) in [6.45, 7) is 5.52. The van der Waals surface area contributed by atoms with E-state index in [1.165, 1.54) is 0 Å². The van der Waals surface area contributed by atoms with E-state index < -0.39 is 0 Å². The Morgan fingerprint density at radius 3 is 2.83 bits per heavy atom. The summed E-state index contributed by atoms with van der Waals surface area (Å²) in [4.78, 5) is 12.1. The van der Waals surface area contributed by atoms with Crippen molar-refractivity contribution < 1.29 is 14.3 Å². The lowest BCUT2D eigenvalue weighted by atomic mass is 9.88. The molecule has 23 heavy (non-hydrogen) atoms. The molecule has 1 atom stereocenters. The zero-order valence-corrected chi connectivity index (χ0v) is 14.6. The molecule has 1 saturated heterocycles. The summed E-state index contributed by atoms with van der Waals surface area (Å²) in [6.07, 6.45) is 0.720. The number of ether oxygens (including phenoxy) is 2. The Balaban J connectivity index is 0.00000192. The molecule has 1 aromatic rings. The minimum atomic E-state index is 0. The molecule has 0 radical (unpaired) electrons. The highest BCUT2D eigenvalue weighted by Gasteiger charge is 2.28. The molecule has 1 unspecified atom stereocenters. The van der Waals surface area contributed by atoms with Gasteiger partial charge in [-0.05, 0) is 43.1 Å². The molecule has 2 heterocycles. The van der Waals surface area contributed by atoms with Crippen molar-refractivity contribution in [1.29, 1.82) is 0 Å². The van der Waals surface area contributed by atoms with Gasteiger partial charge in [-0.2, -0.15) is 0 Å². The average Bonchev–Trinajstić information content (AvgIpc) is 2.45. The smallest absolute Gasteiger partial charge is 0.223 e. The number of benzene rings is 1. The van der Waals surface area contributed by atoms with Crippen LogP contribution >= 0.6 is 24.0 Å². The second-order valence-corrected chi connectivity index (χ2v) is 6.26. The third-order valence-electron chi connectivity index (χ3n) is 4.30. The van der Waals surface area contributed by atoms with Crippen LogP contribution in [0.5, 0.6) is 11.5 Å². The van der Waals surface area contributed by atoms with Crippen LogP contribution in [0.3, 0.4) is 0 Å². The molecule has 0 bridgehead atoms. The summed E-state index contributed by atoms with van der Waals surface area (Å²) in [5, 5.41) is 6.75. The van der Waals surface area contributed by atoms with E-state index >= 15 is 0 Å². The largest absolute Gasteiger partial charge is 0.486 e. The number of hydrogen-bond donors (Lipinski definition) is 2. The fourth-order valence-corrected chi connectivity index (χ4v) is 2.97. The van der Waals surface area contributed by atoms with Crippen LogP contribution in [0.1, 0.15) is 12.5 Å². The van der Waals surface area contributed by atoms with Crippen molar-refractivity contribution >= 4 is 29.9 Å². The Morgan fingerprint density at radius 2 is 2.13 bits per heavy atom. The van der Waals surface area contributed by atoms with Gasteiger partial charge in [0.25, 0.3) is 0 Å². The lowest BCUT2D eigenvalue weighted by Crippen LogP contribution is -2.49. The predicted octanol–water partition coefficient (Wildman–Crippen LogP) is 2.05. The summed E-state index contributed by atoms with van der Waals surface area (Å²) in [7, 11) is 0. The fraction of sp³-hybridized carbons (Fsp3) is 0.562. The van der Waals surface area contributed by atoms with E-state index in [0.717, 1.165) is 25.1 Å². The van der Waals surface area contributed by atoms with Crippen molar-refractivity contribution in [3.05, 3.63) is 22.7 Å². The number of fused-ring (bicyclic) bond motifs is 1. The maximum absolute atomic E-state index is 12.1. The van der Waals surface area contributed by atoms with Gasteiger partial charge in [-0.25, -0.2) is 0 Å². The van der Waals surface area contributed by atoms with Gasteiger partial charge < -0.3 is 20.1 Å². The van der Waals surface area contributed by atoms with E-state index in [1.54, 1.807) is 0 Å². The number of hydrogen-bond acceptors (Lipinski definition) is 4. The van der Waals surface area contributed by atoms with Gasteiger partial charge in [-0.3, -0.25) is 4.79 Å². The lowest BCUT2D eigenvalue weighted by Gasteiger charge is -2.31. The first kappa shape index (κ1) is 18.2. The zero-order valence-electron chi connectivity index (χ0n) is 13.1. The quantitative estimate of drug-likeness (QED) is 0.843. The summed E-state index contributed by atoms with van der Waals surface area (Å²) >= 11 is 6.21. The number of halogens is 2. The number of carbonyl (C=O) groups is 1.